The number of amides is 1. The van der Waals surface area contributed by atoms with Crippen molar-refractivity contribution >= 4 is 22.0 Å². The van der Waals surface area contributed by atoms with E-state index in [4.69, 9.17) is 4.42 Å². The van der Waals surface area contributed by atoms with Crippen molar-refractivity contribution in [2.45, 2.75) is 17.5 Å². The van der Waals surface area contributed by atoms with Gasteiger partial charge in [0.2, 0.25) is 15.9 Å². The molecule has 10 heteroatoms. The van der Waals surface area contributed by atoms with Gasteiger partial charge in [-0.15, -0.1) is 0 Å². The molecule has 0 aliphatic carbocycles. The van der Waals surface area contributed by atoms with Gasteiger partial charge in [0, 0.05) is 25.5 Å². The van der Waals surface area contributed by atoms with E-state index in [1.807, 2.05) is 0 Å². The van der Waals surface area contributed by atoms with E-state index in [9.17, 15) is 17.6 Å². The lowest BCUT2D eigenvalue weighted by atomic mass is 10.1. The molecule has 1 atom stereocenters. The van der Waals surface area contributed by atoms with Gasteiger partial charge in [0.25, 0.3) is 0 Å². The molecular formula is C25H23FN4O4S. The minimum absolute atomic E-state index is 0.0413. The molecule has 0 radical (unpaired) electrons. The minimum Gasteiger partial charge on any atom is -0.468 e. The summed E-state index contributed by atoms with van der Waals surface area (Å²) >= 11 is 0. The SMILES string of the molecule is Cn1ccnc1C(NC(=O)/C=C/c1ccc(S(=O)(=O)NCc2ccco2)cc1)c1cccc(F)c1. The van der Waals surface area contributed by atoms with Crippen LogP contribution in [0.4, 0.5) is 4.39 Å². The molecule has 2 N–H and O–H groups in total. The highest BCUT2D eigenvalue weighted by atomic mass is 32.2. The predicted molar refractivity (Wildman–Crippen MR) is 128 cm³/mol. The summed E-state index contributed by atoms with van der Waals surface area (Å²) < 4.78 is 48.1. The monoisotopic (exact) mass is 494 g/mol. The summed E-state index contributed by atoms with van der Waals surface area (Å²) in [5.41, 5.74) is 1.18. The van der Waals surface area contributed by atoms with E-state index in [0.29, 0.717) is 22.7 Å². The molecule has 0 spiro atoms. The smallest absolute Gasteiger partial charge is 0.244 e. The maximum atomic E-state index is 13.8. The van der Waals surface area contributed by atoms with Gasteiger partial charge in [0.1, 0.15) is 23.4 Å². The third-order valence-corrected chi connectivity index (χ3v) is 6.64. The van der Waals surface area contributed by atoms with Gasteiger partial charge in [-0.2, -0.15) is 0 Å². The van der Waals surface area contributed by atoms with Crippen LogP contribution in [0.2, 0.25) is 0 Å². The predicted octanol–water partition coefficient (Wildman–Crippen LogP) is 3.55. The number of carbonyl (C=O) groups excluding carboxylic acids is 1. The number of sulfonamides is 1. The molecule has 0 aliphatic rings. The van der Waals surface area contributed by atoms with E-state index in [-0.39, 0.29) is 11.4 Å². The Labute approximate surface area is 202 Å². The molecule has 1 amide bonds. The van der Waals surface area contributed by atoms with Gasteiger partial charge in [-0.1, -0.05) is 24.3 Å². The third kappa shape index (κ3) is 6.11. The van der Waals surface area contributed by atoms with Crippen molar-refractivity contribution in [3.05, 3.63) is 114 Å². The van der Waals surface area contributed by atoms with Gasteiger partial charge in [-0.05, 0) is 53.6 Å². The van der Waals surface area contributed by atoms with Crippen molar-refractivity contribution in [1.29, 1.82) is 0 Å². The van der Waals surface area contributed by atoms with Crippen LogP contribution in [0.15, 0.2) is 94.7 Å². The first-order valence-electron chi connectivity index (χ1n) is 10.7. The average molecular weight is 495 g/mol. The van der Waals surface area contributed by atoms with E-state index in [1.165, 1.54) is 36.6 Å². The van der Waals surface area contributed by atoms with Crippen LogP contribution in [0.25, 0.3) is 6.08 Å². The van der Waals surface area contributed by atoms with Crippen molar-refractivity contribution in [1.82, 2.24) is 19.6 Å². The van der Waals surface area contributed by atoms with Gasteiger partial charge in [0.15, 0.2) is 0 Å². The van der Waals surface area contributed by atoms with Gasteiger partial charge in [0.05, 0.1) is 17.7 Å². The number of rotatable bonds is 9. The second-order valence-corrected chi connectivity index (χ2v) is 9.47. The van der Waals surface area contributed by atoms with Crippen LogP contribution < -0.4 is 10.0 Å². The molecule has 0 saturated heterocycles. The Kier molecular flexibility index (Phi) is 7.23. The molecule has 1 unspecified atom stereocenters. The Bertz CT molecular complexity index is 1430. The van der Waals surface area contributed by atoms with Gasteiger partial charge in [-0.3, -0.25) is 4.79 Å². The number of halogens is 1. The molecule has 0 bridgehead atoms. The molecule has 0 saturated carbocycles. The van der Waals surface area contributed by atoms with Crippen molar-refractivity contribution < 1.29 is 22.0 Å². The maximum Gasteiger partial charge on any atom is 0.244 e. The van der Waals surface area contributed by atoms with Crippen molar-refractivity contribution in [2.75, 3.05) is 0 Å². The van der Waals surface area contributed by atoms with E-state index in [0.717, 1.165) is 0 Å². The summed E-state index contributed by atoms with van der Waals surface area (Å²) in [6, 6.07) is 14.7. The number of nitrogens with one attached hydrogen (secondary N) is 2. The molecular weight excluding hydrogens is 471 g/mol. The van der Waals surface area contributed by atoms with E-state index >= 15 is 0 Å². The lowest BCUT2D eigenvalue weighted by molar-refractivity contribution is -0.117. The lowest BCUT2D eigenvalue weighted by Crippen LogP contribution is -2.29. The van der Waals surface area contributed by atoms with Crippen LogP contribution in [-0.2, 0) is 28.4 Å². The summed E-state index contributed by atoms with van der Waals surface area (Å²) in [6.07, 6.45) is 7.69. The van der Waals surface area contributed by atoms with Crippen LogP contribution in [-0.4, -0.2) is 23.9 Å². The molecule has 2 heterocycles. The Morgan fingerprint density at radius 3 is 2.63 bits per heavy atom. The molecule has 35 heavy (non-hydrogen) atoms. The van der Waals surface area contributed by atoms with Gasteiger partial charge >= 0.3 is 0 Å². The van der Waals surface area contributed by atoms with E-state index in [2.05, 4.69) is 15.0 Å². The molecule has 4 rings (SSSR count). The highest BCUT2D eigenvalue weighted by Gasteiger charge is 2.20. The summed E-state index contributed by atoms with van der Waals surface area (Å²) in [5.74, 6) is 0.217. The van der Waals surface area contributed by atoms with E-state index in [1.54, 1.807) is 66.5 Å². The molecule has 8 nitrogen and oxygen atoms in total. The second-order valence-electron chi connectivity index (χ2n) is 7.70. The van der Waals surface area contributed by atoms with Crippen LogP contribution in [0, 0.1) is 5.82 Å². The van der Waals surface area contributed by atoms with Gasteiger partial charge < -0.3 is 14.3 Å². The zero-order chi connectivity index (χ0) is 24.8. The fourth-order valence-corrected chi connectivity index (χ4v) is 4.41. The number of carbonyl (C=O) groups is 1. The number of benzene rings is 2. The molecule has 4 aromatic rings. The normalized spacial score (nSPS) is 12.6. The van der Waals surface area contributed by atoms with Crippen LogP contribution >= 0.6 is 0 Å². The fraction of sp³-hybridized carbons (Fsp3) is 0.120. The second kappa shape index (κ2) is 10.5. The highest BCUT2D eigenvalue weighted by molar-refractivity contribution is 7.89. The van der Waals surface area contributed by atoms with Gasteiger partial charge in [-0.25, -0.2) is 22.5 Å². The van der Waals surface area contributed by atoms with Crippen LogP contribution in [0.5, 0.6) is 0 Å². The van der Waals surface area contributed by atoms with E-state index < -0.39 is 27.8 Å². The number of hydrogen-bond acceptors (Lipinski definition) is 5. The Balaban J connectivity index is 1.44. The fourth-order valence-electron chi connectivity index (χ4n) is 3.42. The molecule has 0 fully saturated rings. The largest absolute Gasteiger partial charge is 0.468 e. The highest BCUT2D eigenvalue weighted by Crippen LogP contribution is 2.21. The summed E-state index contributed by atoms with van der Waals surface area (Å²) in [4.78, 5) is 17.1. The number of aromatic nitrogens is 2. The molecule has 2 aromatic heterocycles. The minimum atomic E-state index is -3.72. The number of nitrogens with zero attached hydrogens (tertiary/aromatic N) is 2. The summed E-state index contributed by atoms with van der Waals surface area (Å²) in [7, 11) is -1.93. The third-order valence-electron chi connectivity index (χ3n) is 5.22. The molecule has 180 valence electrons. The first-order valence-corrected chi connectivity index (χ1v) is 12.1. The first kappa shape index (κ1) is 24.1. The van der Waals surface area contributed by atoms with Crippen molar-refractivity contribution in [3.8, 4) is 0 Å². The maximum absolute atomic E-state index is 13.8. The first-order chi connectivity index (χ1) is 16.8. The number of aryl methyl sites for hydroxylation is 1. The lowest BCUT2D eigenvalue weighted by Gasteiger charge is -2.18. The topological polar surface area (TPSA) is 106 Å². The number of imidazole rings is 1. The summed E-state index contributed by atoms with van der Waals surface area (Å²) in [6.45, 7) is 0.0413. The summed E-state index contributed by atoms with van der Waals surface area (Å²) in [5, 5.41) is 2.85. The average Bonchev–Trinajstić information content (AvgIpc) is 3.52. The number of hydrogen-bond donors (Lipinski definition) is 2. The van der Waals surface area contributed by atoms with Crippen LogP contribution in [0.3, 0.4) is 0 Å². The Hall–Kier alpha value is -4.02. The molecule has 2 aromatic carbocycles. The zero-order valence-electron chi connectivity index (χ0n) is 18.8. The quantitative estimate of drug-likeness (QED) is 0.346. The Morgan fingerprint density at radius 1 is 1.17 bits per heavy atom. The van der Waals surface area contributed by atoms with Crippen molar-refractivity contribution in [3.63, 3.8) is 0 Å². The number of furan rings is 1. The standard InChI is InChI=1S/C25H23FN4O4S/c1-30-14-13-27-25(30)24(19-4-2-5-20(26)16-19)29-23(31)12-9-18-7-10-22(11-8-18)35(32,33)28-17-21-6-3-15-34-21/h2-16,24,28H,17H2,1H3,(H,29,31)/b12-9+. The Morgan fingerprint density at radius 2 is 1.97 bits per heavy atom. The molecule has 0 aliphatic heterocycles. The zero-order valence-corrected chi connectivity index (χ0v) is 19.6. The van der Waals surface area contributed by atoms with Crippen LogP contribution in [0.1, 0.15) is 28.8 Å². The van der Waals surface area contributed by atoms with Crippen molar-refractivity contribution in [2.24, 2.45) is 7.05 Å².